The summed E-state index contributed by atoms with van der Waals surface area (Å²) in [7, 11) is 5.31. The Balaban J connectivity index is 2.77. The molecular weight excluding hydrogens is 254 g/mol. The summed E-state index contributed by atoms with van der Waals surface area (Å²) >= 11 is 0. The van der Waals surface area contributed by atoms with Gasteiger partial charge in [0, 0.05) is 33.0 Å². The van der Waals surface area contributed by atoms with Crippen LogP contribution >= 0.6 is 0 Å². The lowest BCUT2D eigenvalue weighted by Crippen LogP contribution is -2.27. The van der Waals surface area contributed by atoms with E-state index in [0.29, 0.717) is 19.1 Å². The average molecular weight is 281 g/mol. The molecule has 1 aromatic rings. The van der Waals surface area contributed by atoms with E-state index < -0.39 is 0 Å². The van der Waals surface area contributed by atoms with Gasteiger partial charge in [0.05, 0.1) is 12.7 Å². The van der Waals surface area contributed by atoms with Crippen LogP contribution in [0, 0.1) is 0 Å². The molecule has 0 spiro atoms. The van der Waals surface area contributed by atoms with Crippen molar-refractivity contribution in [2.75, 3.05) is 39.7 Å². The van der Waals surface area contributed by atoms with Crippen molar-refractivity contribution in [2.45, 2.75) is 32.4 Å². The number of nitrogens with one attached hydrogen (secondary N) is 2. The van der Waals surface area contributed by atoms with Crippen LogP contribution in [0.15, 0.2) is 12.1 Å². The van der Waals surface area contributed by atoms with E-state index in [2.05, 4.69) is 41.6 Å². The molecular formula is C15H27N3O2. The van der Waals surface area contributed by atoms with Crippen LogP contribution < -0.4 is 10.6 Å². The molecule has 1 heterocycles. The number of pyridine rings is 1. The zero-order valence-electron chi connectivity index (χ0n) is 13.2. The van der Waals surface area contributed by atoms with Crippen LogP contribution in [0.3, 0.4) is 0 Å². The fraction of sp³-hybridized carbons (Fsp3) is 0.667. The van der Waals surface area contributed by atoms with E-state index in [0.717, 1.165) is 18.1 Å². The third-order valence-electron chi connectivity index (χ3n) is 3.07. The fourth-order valence-corrected chi connectivity index (χ4v) is 1.92. The van der Waals surface area contributed by atoms with Gasteiger partial charge in [0.2, 0.25) is 0 Å². The summed E-state index contributed by atoms with van der Waals surface area (Å²) in [6.07, 6.45) is 0.0252. The van der Waals surface area contributed by atoms with E-state index in [1.54, 1.807) is 14.2 Å². The quantitative estimate of drug-likeness (QED) is 0.725. The number of rotatable bonds is 9. The fourth-order valence-electron chi connectivity index (χ4n) is 1.92. The molecule has 0 aromatic carbocycles. The predicted molar refractivity (Wildman–Crippen MR) is 82.3 cm³/mol. The Morgan fingerprint density at radius 3 is 2.55 bits per heavy atom. The van der Waals surface area contributed by atoms with E-state index in [-0.39, 0.29) is 6.10 Å². The Morgan fingerprint density at radius 1 is 1.25 bits per heavy atom. The van der Waals surface area contributed by atoms with Crippen LogP contribution in [0.25, 0.3) is 0 Å². The predicted octanol–water partition coefficient (Wildman–Crippen LogP) is 2.00. The molecule has 0 aliphatic rings. The first kappa shape index (κ1) is 16.9. The number of methoxy groups -OCH3 is 2. The minimum absolute atomic E-state index is 0.0252. The third-order valence-corrected chi connectivity index (χ3v) is 3.07. The van der Waals surface area contributed by atoms with E-state index in [9.17, 15) is 0 Å². The van der Waals surface area contributed by atoms with Gasteiger partial charge in [-0.1, -0.05) is 13.8 Å². The normalized spacial score (nSPS) is 12.7. The molecule has 0 saturated heterocycles. The zero-order valence-corrected chi connectivity index (χ0v) is 13.2. The van der Waals surface area contributed by atoms with Gasteiger partial charge in [-0.15, -0.1) is 0 Å². The van der Waals surface area contributed by atoms with Crippen molar-refractivity contribution in [1.29, 1.82) is 0 Å². The maximum atomic E-state index is 5.34. The summed E-state index contributed by atoms with van der Waals surface area (Å²) < 4.78 is 10.5. The molecule has 1 aromatic heterocycles. The van der Waals surface area contributed by atoms with Gasteiger partial charge >= 0.3 is 0 Å². The second kappa shape index (κ2) is 8.89. The van der Waals surface area contributed by atoms with E-state index in [1.807, 2.05) is 7.05 Å². The molecule has 2 N–H and O–H groups in total. The summed E-state index contributed by atoms with van der Waals surface area (Å²) in [5.74, 6) is 1.30. The van der Waals surface area contributed by atoms with Crippen LogP contribution in [0.5, 0.6) is 0 Å². The van der Waals surface area contributed by atoms with Gasteiger partial charge in [0.15, 0.2) is 0 Å². The van der Waals surface area contributed by atoms with Crippen molar-refractivity contribution in [3.05, 3.63) is 23.4 Å². The molecule has 5 heteroatoms. The molecule has 0 amide bonds. The summed E-state index contributed by atoms with van der Waals surface area (Å²) in [6.45, 7) is 6.38. The van der Waals surface area contributed by atoms with Crippen molar-refractivity contribution in [1.82, 2.24) is 10.3 Å². The highest BCUT2D eigenvalue weighted by atomic mass is 16.5. The van der Waals surface area contributed by atoms with Crippen molar-refractivity contribution >= 4 is 5.82 Å². The molecule has 0 bridgehead atoms. The number of anilines is 1. The molecule has 0 fully saturated rings. The van der Waals surface area contributed by atoms with Crippen LogP contribution in [-0.4, -0.2) is 45.5 Å². The second-order valence-electron chi connectivity index (χ2n) is 5.16. The van der Waals surface area contributed by atoms with Crippen LogP contribution in [0.1, 0.15) is 31.0 Å². The number of hydrogen-bond donors (Lipinski definition) is 2. The molecule has 1 atom stereocenters. The molecule has 0 aliphatic carbocycles. The lowest BCUT2D eigenvalue weighted by Gasteiger charge is -2.17. The Hall–Kier alpha value is -1.17. The molecule has 1 unspecified atom stereocenters. The number of ether oxygens (including phenoxy) is 2. The minimum Gasteiger partial charge on any atom is -0.382 e. The molecule has 20 heavy (non-hydrogen) atoms. The summed E-state index contributed by atoms with van der Waals surface area (Å²) in [4.78, 5) is 4.65. The highest BCUT2D eigenvalue weighted by molar-refractivity contribution is 5.40. The van der Waals surface area contributed by atoms with Crippen molar-refractivity contribution in [3.8, 4) is 0 Å². The Kier molecular flexibility index (Phi) is 7.51. The van der Waals surface area contributed by atoms with E-state index >= 15 is 0 Å². The Labute approximate surface area is 122 Å². The van der Waals surface area contributed by atoms with Crippen LogP contribution in [0.2, 0.25) is 0 Å². The first-order valence-corrected chi connectivity index (χ1v) is 7.01. The molecule has 0 aliphatic heterocycles. The Morgan fingerprint density at radius 2 is 2.00 bits per heavy atom. The summed E-state index contributed by atoms with van der Waals surface area (Å²) in [5.41, 5.74) is 2.33. The monoisotopic (exact) mass is 281 g/mol. The van der Waals surface area contributed by atoms with Gasteiger partial charge in [0.25, 0.3) is 0 Å². The smallest absolute Gasteiger partial charge is 0.126 e. The molecule has 0 radical (unpaired) electrons. The van der Waals surface area contributed by atoms with Gasteiger partial charge in [0.1, 0.15) is 5.82 Å². The topological polar surface area (TPSA) is 55.4 Å². The lowest BCUT2D eigenvalue weighted by atomic mass is 10.1. The second-order valence-corrected chi connectivity index (χ2v) is 5.16. The minimum atomic E-state index is 0.0252. The number of aromatic nitrogens is 1. The van der Waals surface area contributed by atoms with E-state index in [4.69, 9.17) is 9.47 Å². The molecule has 5 nitrogen and oxygen atoms in total. The van der Waals surface area contributed by atoms with Gasteiger partial charge in [-0.2, -0.15) is 0 Å². The van der Waals surface area contributed by atoms with Crippen LogP contribution in [-0.2, 0) is 16.0 Å². The van der Waals surface area contributed by atoms with Crippen molar-refractivity contribution in [3.63, 3.8) is 0 Å². The number of hydrogen-bond acceptors (Lipinski definition) is 5. The zero-order chi connectivity index (χ0) is 15.0. The van der Waals surface area contributed by atoms with Crippen molar-refractivity contribution in [2.24, 2.45) is 0 Å². The SMILES string of the molecule is CNCc1cc(NCC(COC)OC)nc(C(C)C)c1. The van der Waals surface area contributed by atoms with Gasteiger partial charge < -0.3 is 20.1 Å². The first-order chi connectivity index (χ1) is 9.60. The highest BCUT2D eigenvalue weighted by Crippen LogP contribution is 2.17. The molecule has 114 valence electrons. The lowest BCUT2D eigenvalue weighted by molar-refractivity contribution is 0.0365. The Bertz CT molecular complexity index is 397. The largest absolute Gasteiger partial charge is 0.382 e. The first-order valence-electron chi connectivity index (χ1n) is 7.01. The maximum Gasteiger partial charge on any atom is 0.126 e. The summed E-state index contributed by atoms with van der Waals surface area (Å²) in [5, 5.41) is 6.50. The van der Waals surface area contributed by atoms with Gasteiger partial charge in [-0.05, 0) is 30.7 Å². The standard InChI is InChI=1S/C15H27N3O2/c1-11(2)14-6-12(8-16-3)7-15(18-14)17-9-13(20-5)10-19-4/h6-7,11,13,16H,8-10H2,1-5H3,(H,17,18). The third kappa shape index (κ3) is 5.45. The highest BCUT2D eigenvalue weighted by Gasteiger charge is 2.09. The molecule has 1 rings (SSSR count). The van der Waals surface area contributed by atoms with Gasteiger partial charge in [-0.3, -0.25) is 0 Å². The molecule has 0 saturated carbocycles. The number of nitrogens with zero attached hydrogens (tertiary/aromatic N) is 1. The van der Waals surface area contributed by atoms with Crippen molar-refractivity contribution < 1.29 is 9.47 Å². The maximum absolute atomic E-state index is 5.34. The average Bonchev–Trinajstić information content (AvgIpc) is 2.43. The van der Waals surface area contributed by atoms with E-state index in [1.165, 1.54) is 5.56 Å². The van der Waals surface area contributed by atoms with Gasteiger partial charge in [-0.25, -0.2) is 4.98 Å². The summed E-state index contributed by atoms with van der Waals surface area (Å²) in [6, 6.07) is 4.22. The van der Waals surface area contributed by atoms with Crippen LogP contribution in [0.4, 0.5) is 5.82 Å².